The van der Waals surface area contributed by atoms with E-state index in [1.54, 1.807) is 18.3 Å². The summed E-state index contributed by atoms with van der Waals surface area (Å²) in [6.45, 7) is 0. The average Bonchev–Trinajstić information content (AvgIpc) is 3.69. The SMILES string of the molecule is CSCCC(NC(=O)C(Cc1c[nH]c2ccccc12)NC(=O)C(Cc1cnc[nH]1)NC(=O)C(N)Cc1ccc(O)cc1)C(=O)O. The minimum absolute atomic E-state index is 0.0242. The maximum Gasteiger partial charge on any atom is 0.326 e. The number of aliphatic carboxylic acids is 1. The predicted molar refractivity (Wildman–Crippen MR) is 171 cm³/mol. The van der Waals surface area contributed by atoms with E-state index in [9.17, 15) is 29.4 Å². The molecule has 238 valence electrons. The minimum Gasteiger partial charge on any atom is -0.508 e. The van der Waals surface area contributed by atoms with E-state index >= 15 is 0 Å². The van der Waals surface area contributed by atoms with Crippen molar-refractivity contribution in [1.82, 2.24) is 30.9 Å². The van der Waals surface area contributed by atoms with E-state index in [4.69, 9.17) is 5.73 Å². The van der Waals surface area contributed by atoms with Crippen LogP contribution in [0.15, 0.2) is 67.3 Å². The number of phenols is 1. The molecule has 0 saturated carbocycles. The molecule has 14 heteroatoms. The van der Waals surface area contributed by atoms with Gasteiger partial charge in [-0.05, 0) is 54.2 Å². The third-order valence-corrected chi connectivity index (χ3v) is 7.94. The van der Waals surface area contributed by atoms with E-state index in [0.29, 0.717) is 11.4 Å². The lowest BCUT2D eigenvalue weighted by Crippen LogP contribution is -2.58. The third kappa shape index (κ3) is 9.33. The molecule has 0 aliphatic rings. The van der Waals surface area contributed by atoms with Crippen molar-refractivity contribution in [3.63, 3.8) is 0 Å². The number of hydrogen-bond donors (Lipinski definition) is 8. The summed E-state index contributed by atoms with van der Waals surface area (Å²) in [5, 5.41) is 28.1. The Kier molecular flexibility index (Phi) is 11.6. The summed E-state index contributed by atoms with van der Waals surface area (Å²) in [6, 6.07) is 9.29. The number of rotatable bonds is 16. The van der Waals surface area contributed by atoms with Crippen LogP contribution in [0.2, 0.25) is 0 Å². The first-order chi connectivity index (χ1) is 21.6. The summed E-state index contributed by atoms with van der Waals surface area (Å²) in [5.74, 6) is -2.51. The molecule has 4 unspecified atom stereocenters. The highest BCUT2D eigenvalue weighted by atomic mass is 32.2. The number of aromatic amines is 2. The molecular formula is C31H37N7O6S. The minimum atomic E-state index is -1.18. The van der Waals surface area contributed by atoms with E-state index in [-0.39, 0.29) is 31.4 Å². The fraction of sp³-hybridized carbons (Fsp3) is 0.323. The molecule has 2 aromatic carbocycles. The number of nitrogens with two attached hydrogens (primary N) is 1. The largest absolute Gasteiger partial charge is 0.508 e. The van der Waals surface area contributed by atoms with Gasteiger partial charge in [-0.15, -0.1) is 0 Å². The number of para-hydroxylation sites is 1. The lowest BCUT2D eigenvalue weighted by molar-refractivity contribution is -0.142. The van der Waals surface area contributed by atoms with Crippen LogP contribution >= 0.6 is 11.8 Å². The first kappa shape index (κ1) is 33.1. The van der Waals surface area contributed by atoms with Gasteiger partial charge in [-0.2, -0.15) is 11.8 Å². The molecule has 4 aromatic rings. The van der Waals surface area contributed by atoms with Crippen LogP contribution < -0.4 is 21.7 Å². The molecule has 0 aliphatic heterocycles. The summed E-state index contributed by atoms with van der Waals surface area (Å²) in [4.78, 5) is 62.5. The number of fused-ring (bicyclic) bond motifs is 1. The van der Waals surface area contributed by atoms with Crippen molar-refractivity contribution in [2.45, 2.75) is 49.9 Å². The molecule has 0 saturated heterocycles. The van der Waals surface area contributed by atoms with E-state index < -0.39 is 47.9 Å². The second-order valence-electron chi connectivity index (χ2n) is 10.6. The zero-order valence-corrected chi connectivity index (χ0v) is 25.5. The van der Waals surface area contributed by atoms with Gasteiger partial charge in [0, 0.05) is 41.8 Å². The van der Waals surface area contributed by atoms with Crippen LogP contribution in [0, 0.1) is 0 Å². The smallest absolute Gasteiger partial charge is 0.326 e. The van der Waals surface area contributed by atoms with Crippen LogP contribution in [-0.4, -0.2) is 85.0 Å². The Balaban J connectivity index is 1.55. The van der Waals surface area contributed by atoms with Gasteiger partial charge >= 0.3 is 5.97 Å². The predicted octanol–water partition coefficient (Wildman–Crippen LogP) is 1.24. The van der Waals surface area contributed by atoms with Crippen molar-refractivity contribution >= 4 is 46.4 Å². The van der Waals surface area contributed by atoms with Gasteiger partial charge in [0.15, 0.2) is 0 Å². The van der Waals surface area contributed by atoms with Crippen molar-refractivity contribution in [1.29, 1.82) is 0 Å². The van der Waals surface area contributed by atoms with Gasteiger partial charge in [-0.25, -0.2) is 9.78 Å². The number of carbonyl (C=O) groups excluding carboxylic acids is 3. The summed E-state index contributed by atoms with van der Waals surface area (Å²) in [6.07, 6.45) is 6.98. The third-order valence-electron chi connectivity index (χ3n) is 7.30. The second-order valence-corrected chi connectivity index (χ2v) is 11.6. The Morgan fingerprint density at radius 3 is 2.22 bits per heavy atom. The van der Waals surface area contributed by atoms with Gasteiger partial charge in [0.2, 0.25) is 17.7 Å². The fourth-order valence-corrected chi connectivity index (χ4v) is 5.32. The van der Waals surface area contributed by atoms with Crippen LogP contribution in [-0.2, 0) is 38.4 Å². The monoisotopic (exact) mass is 635 g/mol. The second kappa shape index (κ2) is 15.8. The van der Waals surface area contributed by atoms with Crippen molar-refractivity contribution < 1.29 is 29.4 Å². The number of nitrogens with one attached hydrogen (secondary N) is 5. The molecule has 3 amide bonds. The van der Waals surface area contributed by atoms with E-state index in [2.05, 4.69) is 30.9 Å². The standard InChI is InChI=1S/C31H37N7O6S/c1-45-11-10-25(31(43)44)36-29(41)26(13-19-15-34-24-5-3-2-4-22(19)24)38-30(42)27(14-20-16-33-17-35-20)37-28(40)23(32)12-18-6-8-21(39)9-7-18/h2-9,15-17,23,25-27,34,39H,10-14,32H2,1H3,(H,33,35)(H,36,41)(H,37,40)(H,38,42)(H,43,44). The van der Waals surface area contributed by atoms with Crippen LogP contribution in [0.25, 0.3) is 10.9 Å². The molecule has 9 N–H and O–H groups in total. The topological polar surface area (TPSA) is 215 Å². The number of aromatic nitrogens is 3. The van der Waals surface area contributed by atoms with Gasteiger partial charge in [0.1, 0.15) is 23.9 Å². The number of hydrogen-bond acceptors (Lipinski definition) is 8. The summed E-state index contributed by atoms with van der Waals surface area (Å²) in [7, 11) is 0. The number of amides is 3. The number of phenolic OH excluding ortho intramolecular Hbond substituents is 1. The van der Waals surface area contributed by atoms with Crippen molar-refractivity contribution in [3.05, 3.63) is 84.1 Å². The lowest BCUT2D eigenvalue weighted by atomic mass is 10.0. The number of H-pyrrole nitrogens is 2. The summed E-state index contributed by atoms with van der Waals surface area (Å²) < 4.78 is 0. The molecule has 0 fully saturated rings. The van der Waals surface area contributed by atoms with Gasteiger partial charge in [0.05, 0.1) is 12.4 Å². The van der Waals surface area contributed by atoms with Gasteiger partial charge in [-0.3, -0.25) is 14.4 Å². The number of carboxylic acids is 1. The Hall–Kier alpha value is -4.82. The molecule has 0 radical (unpaired) electrons. The highest BCUT2D eigenvalue weighted by molar-refractivity contribution is 7.98. The maximum absolute atomic E-state index is 13.8. The molecule has 4 atom stereocenters. The number of aromatic hydroxyl groups is 1. The zero-order valence-electron chi connectivity index (χ0n) is 24.7. The highest BCUT2D eigenvalue weighted by Gasteiger charge is 2.31. The Morgan fingerprint density at radius 1 is 0.889 bits per heavy atom. The molecule has 0 aliphatic carbocycles. The van der Waals surface area contributed by atoms with Crippen molar-refractivity contribution in [2.75, 3.05) is 12.0 Å². The molecular weight excluding hydrogens is 598 g/mol. The quantitative estimate of drug-likeness (QED) is 0.0888. The van der Waals surface area contributed by atoms with E-state index in [0.717, 1.165) is 22.0 Å². The van der Waals surface area contributed by atoms with Crippen LogP contribution in [0.5, 0.6) is 5.75 Å². The van der Waals surface area contributed by atoms with Gasteiger partial charge in [-0.1, -0.05) is 30.3 Å². The first-order valence-corrected chi connectivity index (χ1v) is 15.7. The van der Waals surface area contributed by atoms with Crippen LogP contribution in [0.1, 0.15) is 23.2 Å². The number of imidazole rings is 1. The van der Waals surface area contributed by atoms with Crippen molar-refractivity contribution in [3.8, 4) is 5.75 Å². The van der Waals surface area contributed by atoms with Gasteiger partial charge in [0.25, 0.3) is 0 Å². The number of thioether (sulfide) groups is 1. The summed E-state index contributed by atoms with van der Waals surface area (Å²) >= 11 is 1.45. The lowest BCUT2D eigenvalue weighted by Gasteiger charge is -2.25. The molecule has 13 nitrogen and oxygen atoms in total. The molecule has 4 rings (SSSR count). The van der Waals surface area contributed by atoms with Crippen LogP contribution in [0.4, 0.5) is 0 Å². The number of carboxylic acid groups (broad SMARTS) is 1. The Morgan fingerprint density at radius 2 is 1.56 bits per heavy atom. The Labute approximate surface area is 263 Å². The highest BCUT2D eigenvalue weighted by Crippen LogP contribution is 2.20. The number of nitrogens with zero attached hydrogens (tertiary/aromatic N) is 1. The normalized spacial score (nSPS) is 13.8. The van der Waals surface area contributed by atoms with Gasteiger partial charge < -0.3 is 41.9 Å². The molecule has 0 spiro atoms. The molecule has 45 heavy (non-hydrogen) atoms. The molecule has 2 heterocycles. The Bertz CT molecular complexity index is 1590. The number of carbonyl (C=O) groups is 4. The van der Waals surface area contributed by atoms with E-state index in [1.165, 1.54) is 36.4 Å². The molecule has 2 aromatic heterocycles. The number of benzene rings is 2. The first-order valence-electron chi connectivity index (χ1n) is 14.3. The molecule has 0 bridgehead atoms. The fourth-order valence-electron chi connectivity index (χ4n) is 4.85. The van der Waals surface area contributed by atoms with E-state index in [1.807, 2.05) is 30.5 Å². The average molecular weight is 636 g/mol. The maximum atomic E-state index is 13.8. The summed E-state index contributed by atoms with van der Waals surface area (Å²) in [5.41, 5.74) is 9.03. The van der Waals surface area contributed by atoms with Crippen LogP contribution in [0.3, 0.4) is 0 Å². The zero-order chi connectivity index (χ0) is 32.3. The van der Waals surface area contributed by atoms with Crippen molar-refractivity contribution in [2.24, 2.45) is 5.73 Å².